The van der Waals surface area contributed by atoms with Crippen LogP contribution in [-0.2, 0) is 13.6 Å². The van der Waals surface area contributed by atoms with Gasteiger partial charge in [-0.2, -0.15) is 5.10 Å². The molecule has 2 aromatic rings. The second kappa shape index (κ2) is 7.37. The number of aryl methyl sites for hydroxylation is 2. The van der Waals surface area contributed by atoms with Gasteiger partial charge in [-0.15, -0.1) is 0 Å². The van der Waals surface area contributed by atoms with Crippen LogP contribution in [-0.4, -0.2) is 52.4 Å². The summed E-state index contributed by atoms with van der Waals surface area (Å²) in [7, 11) is 2.01. The van der Waals surface area contributed by atoms with Crippen LogP contribution in [0.4, 0.5) is 5.69 Å². The lowest BCUT2D eigenvalue weighted by Gasteiger charge is -2.36. The van der Waals surface area contributed by atoms with Crippen molar-refractivity contribution in [2.75, 3.05) is 37.6 Å². The van der Waals surface area contributed by atoms with Crippen molar-refractivity contribution in [3.63, 3.8) is 0 Å². The maximum atomic E-state index is 4.78. The van der Waals surface area contributed by atoms with Crippen LogP contribution in [0.3, 0.4) is 0 Å². The number of hydrogen-bond acceptors (Lipinski definition) is 5. The number of aromatic nitrogens is 3. The molecular formula is C20H30N6. The van der Waals surface area contributed by atoms with E-state index in [0.717, 1.165) is 45.0 Å². The molecule has 4 heterocycles. The smallest absolute Gasteiger partial charge is 0.0596 e. The fourth-order valence-electron chi connectivity index (χ4n) is 4.08. The first-order valence-corrected chi connectivity index (χ1v) is 9.77. The summed E-state index contributed by atoms with van der Waals surface area (Å²) in [6, 6.07) is 4.97. The number of nitrogens with one attached hydrogen (secondary N) is 1. The Morgan fingerprint density at radius 2 is 1.96 bits per heavy atom. The first-order chi connectivity index (χ1) is 12.6. The lowest BCUT2D eigenvalue weighted by Crippen LogP contribution is -2.46. The van der Waals surface area contributed by atoms with Gasteiger partial charge in [0.15, 0.2) is 0 Å². The molecule has 2 aliphatic heterocycles. The molecule has 2 saturated heterocycles. The van der Waals surface area contributed by atoms with Crippen molar-refractivity contribution >= 4 is 5.69 Å². The summed E-state index contributed by atoms with van der Waals surface area (Å²) in [5.74, 6) is 0. The van der Waals surface area contributed by atoms with Crippen LogP contribution >= 0.6 is 0 Å². The third-order valence-electron chi connectivity index (χ3n) is 5.84. The fourth-order valence-corrected chi connectivity index (χ4v) is 4.08. The highest BCUT2D eigenvalue weighted by Crippen LogP contribution is 2.26. The van der Waals surface area contributed by atoms with Crippen LogP contribution in [0.15, 0.2) is 18.3 Å². The van der Waals surface area contributed by atoms with Crippen LogP contribution in [0.2, 0.25) is 0 Å². The highest BCUT2D eigenvalue weighted by atomic mass is 15.3. The molecule has 4 rings (SSSR count). The van der Waals surface area contributed by atoms with Crippen molar-refractivity contribution in [1.29, 1.82) is 0 Å². The van der Waals surface area contributed by atoms with E-state index in [2.05, 4.69) is 46.2 Å². The zero-order valence-electron chi connectivity index (χ0n) is 16.2. The van der Waals surface area contributed by atoms with Crippen molar-refractivity contribution < 1.29 is 0 Å². The number of hydrogen-bond donors (Lipinski definition) is 1. The zero-order valence-corrected chi connectivity index (χ0v) is 16.2. The monoisotopic (exact) mass is 354 g/mol. The van der Waals surface area contributed by atoms with Gasteiger partial charge in [0, 0.05) is 68.5 Å². The van der Waals surface area contributed by atoms with Gasteiger partial charge in [0.05, 0.1) is 11.9 Å². The average Bonchev–Trinajstić information content (AvgIpc) is 3.28. The van der Waals surface area contributed by atoms with E-state index >= 15 is 0 Å². The Morgan fingerprint density at radius 3 is 2.62 bits per heavy atom. The fraction of sp³-hybridized carbons (Fsp3) is 0.600. The Morgan fingerprint density at radius 1 is 1.15 bits per heavy atom. The first kappa shape index (κ1) is 17.5. The van der Waals surface area contributed by atoms with E-state index in [1.54, 1.807) is 0 Å². The highest BCUT2D eigenvalue weighted by Gasteiger charge is 2.22. The molecule has 0 spiro atoms. The Balaban J connectivity index is 1.40. The van der Waals surface area contributed by atoms with Gasteiger partial charge >= 0.3 is 0 Å². The molecule has 2 aromatic heterocycles. The van der Waals surface area contributed by atoms with E-state index in [4.69, 9.17) is 4.98 Å². The molecule has 1 N–H and O–H groups in total. The van der Waals surface area contributed by atoms with Gasteiger partial charge in [-0.3, -0.25) is 14.6 Å². The van der Waals surface area contributed by atoms with E-state index in [1.165, 1.54) is 35.5 Å². The average molecular weight is 355 g/mol. The normalized spacial score (nSPS) is 21.5. The Kier molecular flexibility index (Phi) is 4.96. The topological polar surface area (TPSA) is 49.2 Å². The summed E-state index contributed by atoms with van der Waals surface area (Å²) in [6.45, 7) is 10.7. The SMILES string of the molecule is Cc1cc(N2CCN(Cc3cnn(C)c3C)CC2)cc(C2CCCN2)n1. The van der Waals surface area contributed by atoms with Crippen molar-refractivity contribution in [2.45, 2.75) is 39.3 Å². The van der Waals surface area contributed by atoms with Crippen LogP contribution < -0.4 is 10.2 Å². The Hall–Kier alpha value is -1.92. The molecule has 1 unspecified atom stereocenters. The summed E-state index contributed by atoms with van der Waals surface area (Å²) in [6.07, 6.45) is 4.46. The number of piperazine rings is 1. The molecule has 6 heteroatoms. The molecule has 0 amide bonds. The van der Waals surface area contributed by atoms with Gasteiger partial charge in [0.2, 0.25) is 0 Å². The molecular weight excluding hydrogens is 324 g/mol. The molecule has 0 saturated carbocycles. The minimum absolute atomic E-state index is 0.434. The molecule has 2 fully saturated rings. The third-order valence-corrected chi connectivity index (χ3v) is 5.84. The predicted octanol–water partition coefficient (Wildman–Crippen LogP) is 2.18. The summed E-state index contributed by atoms with van der Waals surface area (Å²) in [4.78, 5) is 9.83. The molecule has 26 heavy (non-hydrogen) atoms. The van der Waals surface area contributed by atoms with E-state index in [0.29, 0.717) is 6.04 Å². The molecule has 1 atom stereocenters. The predicted molar refractivity (Wildman–Crippen MR) is 104 cm³/mol. The number of anilines is 1. The molecule has 0 radical (unpaired) electrons. The number of rotatable bonds is 4. The van der Waals surface area contributed by atoms with Crippen molar-refractivity contribution in [1.82, 2.24) is 25.0 Å². The largest absolute Gasteiger partial charge is 0.369 e. The van der Waals surface area contributed by atoms with E-state index in [-0.39, 0.29) is 0 Å². The zero-order chi connectivity index (χ0) is 18.1. The standard InChI is InChI=1S/C20H30N6/c1-15-11-18(12-20(23-15)19-5-4-6-21-19)26-9-7-25(8-10-26)14-17-13-22-24(3)16(17)2/h11-13,19,21H,4-10,14H2,1-3H3. The van der Waals surface area contributed by atoms with Crippen LogP contribution in [0.1, 0.15) is 41.5 Å². The van der Waals surface area contributed by atoms with Crippen LogP contribution in [0.25, 0.3) is 0 Å². The Labute approximate surface area is 156 Å². The van der Waals surface area contributed by atoms with Crippen LogP contribution in [0, 0.1) is 13.8 Å². The summed E-state index contributed by atoms with van der Waals surface area (Å²) in [5.41, 5.74) is 6.28. The summed E-state index contributed by atoms with van der Waals surface area (Å²) < 4.78 is 1.96. The first-order valence-electron chi connectivity index (χ1n) is 9.77. The third kappa shape index (κ3) is 3.62. The van der Waals surface area contributed by atoms with Crippen molar-refractivity contribution in [3.8, 4) is 0 Å². The van der Waals surface area contributed by atoms with Gasteiger partial charge < -0.3 is 10.2 Å². The van der Waals surface area contributed by atoms with E-state index < -0.39 is 0 Å². The summed E-state index contributed by atoms with van der Waals surface area (Å²) in [5, 5.41) is 7.94. The lowest BCUT2D eigenvalue weighted by atomic mass is 10.1. The Bertz CT molecular complexity index is 754. The molecule has 6 nitrogen and oxygen atoms in total. The van der Waals surface area contributed by atoms with Gasteiger partial charge in [-0.1, -0.05) is 0 Å². The minimum Gasteiger partial charge on any atom is -0.369 e. The quantitative estimate of drug-likeness (QED) is 0.912. The van der Waals surface area contributed by atoms with E-state index in [1.807, 2.05) is 17.9 Å². The molecule has 0 aliphatic carbocycles. The molecule has 140 valence electrons. The van der Waals surface area contributed by atoms with Crippen molar-refractivity contribution in [3.05, 3.63) is 41.0 Å². The molecule has 0 bridgehead atoms. The van der Waals surface area contributed by atoms with Gasteiger partial charge in [-0.05, 0) is 45.4 Å². The second-order valence-corrected chi connectivity index (χ2v) is 7.68. The second-order valence-electron chi connectivity index (χ2n) is 7.68. The molecule has 2 aliphatic rings. The highest BCUT2D eigenvalue weighted by molar-refractivity contribution is 5.49. The number of nitrogens with zero attached hydrogens (tertiary/aromatic N) is 5. The maximum absolute atomic E-state index is 4.78. The maximum Gasteiger partial charge on any atom is 0.0596 e. The van der Waals surface area contributed by atoms with Gasteiger partial charge in [-0.25, -0.2) is 0 Å². The van der Waals surface area contributed by atoms with Gasteiger partial charge in [0.25, 0.3) is 0 Å². The lowest BCUT2D eigenvalue weighted by molar-refractivity contribution is 0.249. The van der Waals surface area contributed by atoms with Crippen molar-refractivity contribution in [2.24, 2.45) is 7.05 Å². The minimum atomic E-state index is 0.434. The number of pyridine rings is 1. The van der Waals surface area contributed by atoms with E-state index in [9.17, 15) is 0 Å². The summed E-state index contributed by atoms with van der Waals surface area (Å²) >= 11 is 0. The van der Waals surface area contributed by atoms with Gasteiger partial charge in [0.1, 0.15) is 0 Å². The molecule has 0 aromatic carbocycles. The van der Waals surface area contributed by atoms with Crippen LogP contribution in [0.5, 0.6) is 0 Å².